The van der Waals surface area contributed by atoms with E-state index in [0.717, 1.165) is 49.3 Å². The minimum atomic E-state index is 0.0972. The topological polar surface area (TPSA) is 28.5 Å². The number of amides is 1. The molecule has 2 aromatic carbocycles. The Morgan fingerprint density at radius 1 is 1.04 bits per heavy atom. The van der Waals surface area contributed by atoms with Crippen molar-refractivity contribution in [3.8, 4) is 0 Å². The van der Waals surface area contributed by atoms with Gasteiger partial charge in [-0.3, -0.25) is 9.69 Å². The number of nitrogens with zero attached hydrogens (tertiary/aromatic N) is 3. The lowest BCUT2D eigenvalue weighted by Gasteiger charge is -2.34. The minimum absolute atomic E-state index is 0.0972. The highest BCUT2D eigenvalue weighted by Crippen LogP contribution is 2.24. The molecule has 3 aromatic rings. The number of fused-ring (bicyclic) bond motifs is 1. The molecule has 1 aromatic heterocycles. The van der Waals surface area contributed by atoms with E-state index < -0.39 is 0 Å². The van der Waals surface area contributed by atoms with Gasteiger partial charge in [-0.25, -0.2) is 0 Å². The molecule has 0 unspecified atom stereocenters. The van der Waals surface area contributed by atoms with Crippen LogP contribution in [0.1, 0.15) is 21.6 Å². The van der Waals surface area contributed by atoms with Gasteiger partial charge < -0.3 is 9.47 Å². The number of halogens is 1. The summed E-state index contributed by atoms with van der Waals surface area (Å²) in [6, 6.07) is 16.3. The normalized spacial score (nSPS) is 15.4. The molecule has 1 amide bonds. The number of piperazine rings is 1. The number of aromatic nitrogens is 1. The lowest BCUT2D eigenvalue weighted by atomic mass is 10.1. The zero-order chi connectivity index (χ0) is 19.0. The average molecular weight is 382 g/mol. The summed E-state index contributed by atoms with van der Waals surface area (Å²) in [4.78, 5) is 17.4. The number of aryl methyl sites for hydroxylation is 2. The number of carbonyl (C=O) groups is 1. The van der Waals surface area contributed by atoms with Crippen LogP contribution in [0, 0.1) is 6.92 Å². The summed E-state index contributed by atoms with van der Waals surface area (Å²) in [6.07, 6.45) is 0. The summed E-state index contributed by atoms with van der Waals surface area (Å²) in [5, 5.41) is 1.73. The van der Waals surface area contributed by atoms with Gasteiger partial charge in [0.15, 0.2) is 0 Å². The molecule has 27 heavy (non-hydrogen) atoms. The third kappa shape index (κ3) is 3.73. The Bertz CT molecular complexity index is 986. The molecule has 0 spiro atoms. The number of hydrogen-bond acceptors (Lipinski definition) is 2. The van der Waals surface area contributed by atoms with E-state index in [-0.39, 0.29) is 5.91 Å². The first-order valence-corrected chi connectivity index (χ1v) is 9.71. The Morgan fingerprint density at radius 3 is 2.56 bits per heavy atom. The van der Waals surface area contributed by atoms with E-state index in [1.807, 2.05) is 40.8 Å². The first-order chi connectivity index (χ1) is 13.0. The second-order valence-electron chi connectivity index (χ2n) is 7.35. The van der Waals surface area contributed by atoms with Crippen LogP contribution in [0.15, 0.2) is 48.5 Å². The van der Waals surface area contributed by atoms with Gasteiger partial charge in [0.05, 0.1) is 0 Å². The fraction of sp³-hybridized carbons (Fsp3) is 0.318. The molecule has 2 heterocycles. The van der Waals surface area contributed by atoms with Gasteiger partial charge in [0.25, 0.3) is 5.91 Å². The number of hydrogen-bond donors (Lipinski definition) is 0. The summed E-state index contributed by atoms with van der Waals surface area (Å²) >= 11 is 6.11. The first-order valence-electron chi connectivity index (χ1n) is 9.33. The van der Waals surface area contributed by atoms with Crippen LogP contribution < -0.4 is 0 Å². The van der Waals surface area contributed by atoms with Crippen molar-refractivity contribution in [2.24, 2.45) is 7.05 Å². The highest BCUT2D eigenvalue weighted by atomic mass is 35.5. The fourth-order valence-corrected chi connectivity index (χ4v) is 4.01. The molecule has 0 aliphatic carbocycles. The molecule has 0 saturated carbocycles. The quantitative estimate of drug-likeness (QED) is 0.683. The van der Waals surface area contributed by atoms with Crippen LogP contribution in [0.3, 0.4) is 0 Å². The van der Waals surface area contributed by atoms with E-state index in [4.69, 9.17) is 11.6 Å². The van der Waals surface area contributed by atoms with E-state index in [9.17, 15) is 4.79 Å². The number of carbonyl (C=O) groups excluding carboxylic acids is 1. The van der Waals surface area contributed by atoms with E-state index in [1.54, 1.807) is 0 Å². The Balaban J connectivity index is 1.43. The highest BCUT2D eigenvalue weighted by molar-refractivity contribution is 6.31. The van der Waals surface area contributed by atoms with Crippen LogP contribution in [-0.2, 0) is 13.6 Å². The minimum Gasteiger partial charge on any atom is -0.340 e. The van der Waals surface area contributed by atoms with Crippen molar-refractivity contribution in [2.75, 3.05) is 26.2 Å². The van der Waals surface area contributed by atoms with Gasteiger partial charge in [-0.1, -0.05) is 47.5 Å². The van der Waals surface area contributed by atoms with Gasteiger partial charge in [-0.05, 0) is 30.7 Å². The second-order valence-corrected chi connectivity index (χ2v) is 7.79. The molecule has 0 atom stereocenters. The average Bonchev–Trinajstić information content (AvgIpc) is 2.98. The maximum Gasteiger partial charge on any atom is 0.270 e. The molecule has 1 saturated heterocycles. The molecule has 140 valence electrons. The standard InChI is InChI=1S/C22H24ClN3O/c1-16-4-3-5-17(12-16)15-25-8-10-26(11-9-25)22(27)21-13-18-6-7-19(23)14-20(18)24(21)2/h3-7,12-14H,8-11,15H2,1-2H3. The van der Waals surface area contributed by atoms with Crippen LogP contribution in [0.5, 0.6) is 0 Å². The molecule has 4 nitrogen and oxygen atoms in total. The molecule has 1 aliphatic rings. The van der Waals surface area contributed by atoms with Crippen molar-refractivity contribution >= 4 is 28.4 Å². The molecular weight excluding hydrogens is 358 g/mol. The zero-order valence-corrected chi connectivity index (χ0v) is 16.5. The van der Waals surface area contributed by atoms with Gasteiger partial charge in [0, 0.05) is 55.7 Å². The predicted molar refractivity (Wildman–Crippen MR) is 110 cm³/mol. The third-order valence-corrected chi connectivity index (χ3v) is 5.61. The lowest BCUT2D eigenvalue weighted by molar-refractivity contribution is 0.0619. The smallest absolute Gasteiger partial charge is 0.270 e. The highest BCUT2D eigenvalue weighted by Gasteiger charge is 2.24. The van der Waals surface area contributed by atoms with E-state index in [2.05, 4.69) is 36.1 Å². The summed E-state index contributed by atoms with van der Waals surface area (Å²) in [7, 11) is 1.93. The van der Waals surface area contributed by atoms with E-state index in [0.29, 0.717) is 5.02 Å². The molecule has 5 heteroatoms. The van der Waals surface area contributed by atoms with E-state index in [1.165, 1.54) is 11.1 Å². The molecule has 1 aliphatic heterocycles. The molecule has 4 rings (SSSR count). The zero-order valence-electron chi connectivity index (χ0n) is 15.8. The summed E-state index contributed by atoms with van der Waals surface area (Å²) < 4.78 is 1.95. The first kappa shape index (κ1) is 18.1. The third-order valence-electron chi connectivity index (χ3n) is 5.37. The van der Waals surface area contributed by atoms with Gasteiger partial charge in [0.1, 0.15) is 5.69 Å². The maximum absolute atomic E-state index is 13.0. The van der Waals surface area contributed by atoms with Crippen LogP contribution in [0.2, 0.25) is 5.02 Å². The fourth-order valence-electron chi connectivity index (χ4n) is 3.85. The van der Waals surface area contributed by atoms with Crippen LogP contribution >= 0.6 is 11.6 Å². The molecular formula is C22H24ClN3O. The summed E-state index contributed by atoms with van der Waals surface area (Å²) in [6.45, 7) is 6.37. The molecule has 1 fully saturated rings. The maximum atomic E-state index is 13.0. The largest absolute Gasteiger partial charge is 0.340 e. The number of benzene rings is 2. The lowest BCUT2D eigenvalue weighted by Crippen LogP contribution is -2.48. The van der Waals surface area contributed by atoms with Crippen LogP contribution in [0.4, 0.5) is 0 Å². The van der Waals surface area contributed by atoms with Crippen LogP contribution in [0.25, 0.3) is 10.9 Å². The summed E-state index contributed by atoms with van der Waals surface area (Å²) in [5.41, 5.74) is 4.33. The number of rotatable bonds is 3. The predicted octanol–water partition coefficient (Wildman–Crippen LogP) is 4.10. The molecule has 0 radical (unpaired) electrons. The SMILES string of the molecule is Cc1cccc(CN2CCN(C(=O)c3cc4ccc(Cl)cc4n3C)CC2)c1. The Morgan fingerprint density at radius 2 is 1.81 bits per heavy atom. The molecule has 0 bridgehead atoms. The molecule has 0 N–H and O–H groups in total. The van der Waals surface area contributed by atoms with Crippen molar-refractivity contribution in [2.45, 2.75) is 13.5 Å². The van der Waals surface area contributed by atoms with Crippen molar-refractivity contribution in [3.05, 3.63) is 70.4 Å². The van der Waals surface area contributed by atoms with Crippen molar-refractivity contribution in [1.29, 1.82) is 0 Å². The van der Waals surface area contributed by atoms with Crippen molar-refractivity contribution in [1.82, 2.24) is 14.4 Å². The Hall–Kier alpha value is -2.30. The van der Waals surface area contributed by atoms with Crippen molar-refractivity contribution in [3.63, 3.8) is 0 Å². The van der Waals surface area contributed by atoms with Gasteiger partial charge in [-0.2, -0.15) is 0 Å². The van der Waals surface area contributed by atoms with Crippen molar-refractivity contribution < 1.29 is 4.79 Å². The Kier molecular flexibility index (Phi) is 4.94. The second kappa shape index (κ2) is 7.37. The van der Waals surface area contributed by atoms with Gasteiger partial charge in [-0.15, -0.1) is 0 Å². The van der Waals surface area contributed by atoms with Gasteiger partial charge >= 0.3 is 0 Å². The summed E-state index contributed by atoms with van der Waals surface area (Å²) in [5.74, 6) is 0.0972. The van der Waals surface area contributed by atoms with Gasteiger partial charge in [0.2, 0.25) is 0 Å². The Labute approximate surface area is 164 Å². The monoisotopic (exact) mass is 381 g/mol. The van der Waals surface area contributed by atoms with E-state index >= 15 is 0 Å². The van der Waals surface area contributed by atoms with Crippen LogP contribution in [-0.4, -0.2) is 46.5 Å².